The molecule has 4 heteroatoms. The van der Waals surface area contributed by atoms with Gasteiger partial charge in [-0.3, -0.25) is 4.79 Å². The lowest BCUT2D eigenvalue weighted by Crippen LogP contribution is -2.25. The number of carbonyl (C=O) groups is 1. The van der Waals surface area contributed by atoms with Crippen molar-refractivity contribution in [2.45, 2.75) is 13.3 Å². The first-order valence-electron chi connectivity index (χ1n) is 5.27. The smallest absolute Gasteiger partial charge is 0.227 e. The molecule has 1 N–H and O–H groups in total. The van der Waals surface area contributed by atoms with Gasteiger partial charge >= 0.3 is 0 Å². The lowest BCUT2D eigenvalue weighted by atomic mass is 10.1. The molecule has 1 atom stereocenters. The molecule has 0 aliphatic carbocycles. The zero-order valence-corrected chi connectivity index (χ0v) is 10.7. The van der Waals surface area contributed by atoms with Crippen molar-refractivity contribution in [1.82, 2.24) is 0 Å². The number of amides is 1. The predicted octanol–water partition coefficient (Wildman–Crippen LogP) is 2.45. The fourth-order valence-electron chi connectivity index (χ4n) is 2.01. The van der Waals surface area contributed by atoms with E-state index in [2.05, 4.69) is 15.9 Å². The quantitative estimate of drug-likeness (QED) is 0.847. The normalized spacial score (nSPS) is 20.5. The Labute approximate surface area is 103 Å². The maximum Gasteiger partial charge on any atom is 0.227 e. The third-order valence-electron chi connectivity index (χ3n) is 2.91. The molecule has 0 radical (unpaired) electrons. The minimum absolute atomic E-state index is 0.137. The van der Waals surface area contributed by atoms with Crippen LogP contribution in [0.25, 0.3) is 0 Å². The number of rotatable bonds is 2. The average Bonchev–Trinajstić information content (AvgIpc) is 2.63. The summed E-state index contributed by atoms with van der Waals surface area (Å²) in [6.07, 6.45) is 0.584. The van der Waals surface area contributed by atoms with Gasteiger partial charge in [0.05, 0.1) is 5.69 Å². The van der Waals surface area contributed by atoms with Crippen molar-refractivity contribution in [2.75, 3.05) is 16.8 Å². The predicted molar refractivity (Wildman–Crippen MR) is 67.1 cm³/mol. The number of anilines is 1. The monoisotopic (exact) mass is 283 g/mol. The van der Waals surface area contributed by atoms with Gasteiger partial charge in [-0.25, -0.2) is 0 Å². The molecule has 0 saturated carbocycles. The summed E-state index contributed by atoms with van der Waals surface area (Å²) < 4.78 is 0. The molecule has 1 unspecified atom stereocenters. The number of alkyl halides is 1. The fourth-order valence-corrected chi connectivity index (χ4v) is 2.44. The van der Waals surface area contributed by atoms with Gasteiger partial charge in [-0.2, -0.15) is 0 Å². The Morgan fingerprint density at radius 2 is 2.31 bits per heavy atom. The minimum Gasteiger partial charge on any atom is -0.508 e. The van der Waals surface area contributed by atoms with Gasteiger partial charge in [0.2, 0.25) is 5.91 Å². The van der Waals surface area contributed by atoms with Crippen LogP contribution in [0.5, 0.6) is 5.75 Å². The number of hydrogen-bond donors (Lipinski definition) is 1. The molecule has 0 bridgehead atoms. The highest BCUT2D eigenvalue weighted by Crippen LogP contribution is 2.30. The lowest BCUT2D eigenvalue weighted by molar-refractivity contribution is -0.117. The van der Waals surface area contributed by atoms with Crippen molar-refractivity contribution in [2.24, 2.45) is 5.92 Å². The van der Waals surface area contributed by atoms with E-state index in [-0.39, 0.29) is 11.7 Å². The van der Waals surface area contributed by atoms with Crippen molar-refractivity contribution in [3.05, 3.63) is 23.8 Å². The molecule has 1 amide bonds. The third-order valence-corrected chi connectivity index (χ3v) is 3.82. The largest absolute Gasteiger partial charge is 0.508 e. The van der Waals surface area contributed by atoms with E-state index in [0.29, 0.717) is 12.3 Å². The molecule has 0 spiro atoms. The Kier molecular flexibility index (Phi) is 3.19. The number of aryl methyl sites for hydroxylation is 1. The van der Waals surface area contributed by atoms with Gasteiger partial charge in [0.25, 0.3) is 0 Å². The van der Waals surface area contributed by atoms with E-state index < -0.39 is 0 Å². The lowest BCUT2D eigenvalue weighted by Gasteiger charge is -2.19. The van der Waals surface area contributed by atoms with E-state index in [9.17, 15) is 9.90 Å². The van der Waals surface area contributed by atoms with E-state index in [0.717, 1.165) is 23.1 Å². The van der Waals surface area contributed by atoms with Gasteiger partial charge in [-0.15, -0.1) is 0 Å². The summed E-state index contributed by atoms with van der Waals surface area (Å²) in [6.45, 7) is 2.68. The van der Waals surface area contributed by atoms with Crippen molar-refractivity contribution in [3.8, 4) is 5.75 Å². The Bertz CT molecular complexity index is 419. The Morgan fingerprint density at radius 3 is 2.94 bits per heavy atom. The molecule has 86 valence electrons. The average molecular weight is 284 g/mol. The van der Waals surface area contributed by atoms with Crippen molar-refractivity contribution < 1.29 is 9.90 Å². The fraction of sp³-hybridized carbons (Fsp3) is 0.417. The first-order chi connectivity index (χ1) is 7.61. The van der Waals surface area contributed by atoms with Crippen LogP contribution in [0.15, 0.2) is 18.2 Å². The number of benzene rings is 1. The summed E-state index contributed by atoms with van der Waals surface area (Å²) >= 11 is 3.41. The summed E-state index contributed by atoms with van der Waals surface area (Å²) in [7, 11) is 0. The second-order valence-corrected chi connectivity index (χ2v) is 4.85. The maximum absolute atomic E-state index is 11.8. The number of carbonyl (C=O) groups excluding carboxylic acids is 1. The molecule has 16 heavy (non-hydrogen) atoms. The topological polar surface area (TPSA) is 40.5 Å². The summed E-state index contributed by atoms with van der Waals surface area (Å²) in [5.41, 5.74) is 1.84. The summed E-state index contributed by atoms with van der Waals surface area (Å²) in [5.74, 6) is 0.711. The van der Waals surface area contributed by atoms with E-state index in [1.54, 1.807) is 17.0 Å². The van der Waals surface area contributed by atoms with Crippen molar-refractivity contribution in [1.29, 1.82) is 0 Å². The van der Waals surface area contributed by atoms with Crippen molar-refractivity contribution in [3.63, 3.8) is 0 Å². The molecule has 2 rings (SSSR count). The Morgan fingerprint density at radius 1 is 1.56 bits per heavy atom. The highest BCUT2D eigenvalue weighted by molar-refractivity contribution is 9.09. The molecule has 1 aliphatic heterocycles. The molecule has 1 aromatic rings. The maximum atomic E-state index is 11.8. The Hall–Kier alpha value is -1.03. The van der Waals surface area contributed by atoms with E-state index in [4.69, 9.17) is 0 Å². The molecular formula is C12H14BrNO2. The molecule has 1 fully saturated rings. The molecular weight excluding hydrogens is 270 g/mol. The van der Waals surface area contributed by atoms with Crippen LogP contribution in [0.3, 0.4) is 0 Å². The van der Waals surface area contributed by atoms with E-state index in [1.807, 2.05) is 13.0 Å². The van der Waals surface area contributed by atoms with Crippen LogP contribution < -0.4 is 4.90 Å². The molecule has 0 aromatic heterocycles. The van der Waals surface area contributed by atoms with Gasteiger partial charge < -0.3 is 10.0 Å². The second-order valence-electron chi connectivity index (χ2n) is 4.20. The summed E-state index contributed by atoms with van der Waals surface area (Å²) in [5, 5.41) is 10.3. The van der Waals surface area contributed by atoms with Gasteiger partial charge in [-0.05, 0) is 24.5 Å². The number of hydrogen-bond acceptors (Lipinski definition) is 2. The van der Waals surface area contributed by atoms with Gasteiger partial charge in [-0.1, -0.05) is 22.0 Å². The second kappa shape index (κ2) is 4.45. The van der Waals surface area contributed by atoms with Crippen molar-refractivity contribution >= 4 is 27.5 Å². The zero-order valence-electron chi connectivity index (χ0n) is 9.11. The summed E-state index contributed by atoms with van der Waals surface area (Å²) in [6, 6.07) is 5.13. The molecule has 1 aliphatic rings. The summed E-state index contributed by atoms with van der Waals surface area (Å²) in [4.78, 5) is 13.6. The van der Waals surface area contributed by atoms with Crippen LogP contribution in [0.2, 0.25) is 0 Å². The van der Waals surface area contributed by atoms with Crippen LogP contribution >= 0.6 is 15.9 Å². The Balaban J connectivity index is 2.30. The van der Waals surface area contributed by atoms with Gasteiger partial charge in [0, 0.05) is 24.4 Å². The van der Waals surface area contributed by atoms with E-state index >= 15 is 0 Å². The van der Waals surface area contributed by atoms with Gasteiger partial charge in [0.1, 0.15) is 5.75 Å². The first-order valence-corrected chi connectivity index (χ1v) is 6.40. The molecule has 1 aromatic carbocycles. The molecule has 1 saturated heterocycles. The minimum atomic E-state index is 0.137. The third kappa shape index (κ3) is 2.07. The number of phenolic OH excluding ortho intramolecular Hbond substituents is 1. The van der Waals surface area contributed by atoms with Crippen LogP contribution in [-0.2, 0) is 4.79 Å². The number of nitrogens with zero attached hydrogens (tertiary/aromatic N) is 1. The zero-order chi connectivity index (χ0) is 11.7. The highest BCUT2D eigenvalue weighted by Gasteiger charge is 2.30. The van der Waals surface area contributed by atoms with Gasteiger partial charge in [0.15, 0.2) is 0 Å². The van der Waals surface area contributed by atoms with Crippen LogP contribution in [0.1, 0.15) is 12.0 Å². The van der Waals surface area contributed by atoms with Crippen LogP contribution in [0, 0.1) is 12.8 Å². The molecule has 3 nitrogen and oxygen atoms in total. The van der Waals surface area contributed by atoms with Crippen LogP contribution in [0.4, 0.5) is 5.69 Å². The first kappa shape index (κ1) is 11.5. The van der Waals surface area contributed by atoms with E-state index in [1.165, 1.54) is 0 Å². The van der Waals surface area contributed by atoms with Crippen LogP contribution in [-0.4, -0.2) is 22.9 Å². The SMILES string of the molecule is Cc1ccc(O)cc1N1CC(CBr)CC1=O. The number of halogens is 1. The molecule has 1 heterocycles. The standard InChI is InChI=1S/C12H14BrNO2/c1-8-2-3-10(15)5-11(8)14-7-9(6-13)4-12(14)16/h2-3,5,9,15H,4,6-7H2,1H3. The highest BCUT2D eigenvalue weighted by atomic mass is 79.9. The number of aromatic hydroxyl groups is 1. The number of phenols is 1.